The first-order valence-electron chi connectivity index (χ1n) is 10.4. The summed E-state index contributed by atoms with van der Waals surface area (Å²) < 4.78 is 66.9. The predicted octanol–water partition coefficient (Wildman–Crippen LogP) is 3.41. The molecule has 0 aliphatic carbocycles. The molecule has 2 N–H and O–H groups in total. The van der Waals surface area contributed by atoms with Gasteiger partial charge < -0.3 is 15.4 Å². The fraction of sp³-hybridized carbons (Fsp3) is 0.286. The van der Waals surface area contributed by atoms with Gasteiger partial charge in [0.1, 0.15) is 23.7 Å². The number of nitrogens with zero attached hydrogens (tertiary/aromatic N) is 2. The number of benzene rings is 2. The summed E-state index contributed by atoms with van der Waals surface area (Å²) in [6, 6.07) is 7.19. The van der Waals surface area contributed by atoms with E-state index in [2.05, 4.69) is 20.6 Å². The number of carbonyl (C=O) groups excluding carboxylic acids is 1. The first-order chi connectivity index (χ1) is 16.5. The van der Waals surface area contributed by atoms with E-state index < -0.39 is 46.9 Å². The standard InChI is InChI=1S/C21H20ClFN4O6S2/c1-2-33-19-10-17-14(21(25-11-24-17)26-12-3-4-16(23)15(22)7-12)9-18(19)27-20(28)8-13-5-6-34(29,30)35(13,31)32/h3-4,7,9-11,13H,2,5-6,8H2,1H3,(H,27,28)(H,24,25,26). The molecule has 0 bridgehead atoms. The normalized spacial score (nSPS) is 18.3. The van der Waals surface area contributed by atoms with Crippen molar-refractivity contribution in [1.82, 2.24) is 9.97 Å². The Morgan fingerprint density at radius 1 is 1.20 bits per heavy atom. The van der Waals surface area contributed by atoms with Crippen molar-refractivity contribution in [2.45, 2.75) is 25.0 Å². The van der Waals surface area contributed by atoms with E-state index in [-0.39, 0.29) is 29.5 Å². The van der Waals surface area contributed by atoms with Gasteiger partial charge in [0.25, 0.3) is 17.7 Å². The number of hydrogen-bond donors (Lipinski definition) is 2. The number of carbonyl (C=O) groups is 1. The van der Waals surface area contributed by atoms with Gasteiger partial charge in [-0.3, -0.25) is 4.79 Å². The zero-order chi connectivity index (χ0) is 25.4. The van der Waals surface area contributed by atoms with E-state index in [0.717, 1.165) is 0 Å². The Hall–Kier alpha value is -3.03. The highest BCUT2D eigenvalue weighted by Gasteiger charge is 2.45. The Morgan fingerprint density at radius 3 is 2.63 bits per heavy atom. The van der Waals surface area contributed by atoms with Crippen molar-refractivity contribution in [1.29, 1.82) is 0 Å². The van der Waals surface area contributed by atoms with E-state index in [1.54, 1.807) is 19.1 Å². The van der Waals surface area contributed by atoms with E-state index in [1.165, 1.54) is 24.5 Å². The molecule has 4 rings (SSSR count). The van der Waals surface area contributed by atoms with Crippen LogP contribution in [0.2, 0.25) is 5.02 Å². The lowest BCUT2D eigenvalue weighted by atomic mass is 10.1. The zero-order valence-corrected chi connectivity index (χ0v) is 20.7. The van der Waals surface area contributed by atoms with Crippen LogP contribution in [0.15, 0.2) is 36.7 Å². The van der Waals surface area contributed by atoms with E-state index in [0.29, 0.717) is 22.4 Å². The number of ether oxygens (including phenoxy) is 1. The van der Waals surface area contributed by atoms with Crippen LogP contribution >= 0.6 is 11.6 Å². The third kappa shape index (κ3) is 5.02. The van der Waals surface area contributed by atoms with Gasteiger partial charge in [-0.25, -0.2) is 31.2 Å². The van der Waals surface area contributed by atoms with Crippen molar-refractivity contribution >= 4 is 63.3 Å². The van der Waals surface area contributed by atoms with Crippen LogP contribution in [0.3, 0.4) is 0 Å². The smallest absolute Gasteiger partial charge is 0.256 e. The molecule has 1 unspecified atom stereocenters. The topological polar surface area (TPSA) is 144 Å². The number of amides is 1. The number of rotatable bonds is 7. The van der Waals surface area contributed by atoms with Crippen molar-refractivity contribution in [2.75, 3.05) is 23.0 Å². The lowest BCUT2D eigenvalue weighted by molar-refractivity contribution is -0.116. The molecule has 2 aromatic carbocycles. The lowest BCUT2D eigenvalue weighted by Crippen LogP contribution is -2.25. The molecule has 1 saturated heterocycles. The third-order valence-electron chi connectivity index (χ3n) is 5.36. The monoisotopic (exact) mass is 542 g/mol. The largest absolute Gasteiger partial charge is 0.492 e. The second-order valence-corrected chi connectivity index (χ2v) is 14.2. The van der Waals surface area contributed by atoms with Crippen LogP contribution < -0.4 is 15.4 Å². The average Bonchev–Trinajstić information content (AvgIpc) is 2.99. The van der Waals surface area contributed by atoms with Gasteiger partial charge in [0, 0.05) is 23.6 Å². The average molecular weight is 543 g/mol. The van der Waals surface area contributed by atoms with Crippen LogP contribution in [-0.2, 0) is 22.5 Å². The van der Waals surface area contributed by atoms with E-state index >= 15 is 0 Å². The van der Waals surface area contributed by atoms with Gasteiger partial charge in [-0.1, -0.05) is 11.6 Å². The van der Waals surface area contributed by atoms with Gasteiger partial charge in [0.05, 0.1) is 33.8 Å². The third-order valence-corrected chi connectivity index (χ3v) is 11.8. The molecule has 1 aliphatic heterocycles. The fourth-order valence-electron chi connectivity index (χ4n) is 3.62. The SMILES string of the molecule is CCOc1cc2ncnc(Nc3ccc(F)c(Cl)c3)c2cc1NC(=O)CC1CCS(=O)(=O)S1(=O)=O. The highest BCUT2D eigenvalue weighted by atomic mass is 35.5. The molecule has 1 amide bonds. The summed E-state index contributed by atoms with van der Waals surface area (Å²) >= 11 is 5.85. The van der Waals surface area contributed by atoms with Crippen molar-refractivity contribution in [2.24, 2.45) is 0 Å². The molecule has 0 spiro atoms. The first kappa shape index (κ1) is 25.1. The summed E-state index contributed by atoms with van der Waals surface area (Å²) in [5, 5.41) is 4.72. The summed E-state index contributed by atoms with van der Waals surface area (Å²) in [6.07, 6.45) is 0.654. The van der Waals surface area contributed by atoms with Crippen molar-refractivity contribution in [3.05, 3.63) is 47.5 Å². The Balaban J connectivity index is 1.66. The second kappa shape index (κ2) is 9.55. The van der Waals surface area contributed by atoms with Crippen LogP contribution in [-0.4, -0.2) is 50.3 Å². The number of fused-ring (bicyclic) bond motifs is 1. The maximum absolute atomic E-state index is 13.5. The fourth-order valence-corrected chi connectivity index (χ4v) is 8.66. The molecule has 10 nitrogen and oxygen atoms in total. The number of nitrogens with one attached hydrogen (secondary N) is 2. The van der Waals surface area contributed by atoms with Crippen LogP contribution in [0.5, 0.6) is 5.75 Å². The Labute approximate surface area is 205 Å². The molecular weight excluding hydrogens is 523 g/mol. The van der Waals surface area contributed by atoms with Gasteiger partial charge in [0.2, 0.25) is 5.91 Å². The van der Waals surface area contributed by atoms with Gasteiger partial charge in [-0.05, 0) is 37.6 Å². The van der Waals surface area contributed by atoms with Crippen LogP contribution in [0.1, 0.15) is 19.8 Å². The summed E-state index contributed by atoms with van der Waals surface area (Å²) in [6.45, 7) is 2.02. The molecule has 186 valence electrons. The van der Waals surface area contributed by atoms with Crippen LogP contribution in [0, 0.1) is 5.82 Å². The first-order valence-corrected chi connectivity index (χ1v) is 14.5. The predicted molar refractivity (Wildman–Crippen MR) is 130 cm³/mol. The minimum absolute atomic E-state index is 0.0798. The Morgan fingerprint density at radius 2 is 1.97 bits per heavy atom. The second-order valence-electron chi connectivity index (χ2n) is 7.69. The Kier molecular flexibility index (Phi) is 6.84. The molecule has 0 saturated carbocycles. The van der Waals surface area contributed by atoms with Gasteiger partial charge in [-0.15, -0.1) is 0 Å². The summed E-state index contributed by atoms with van der Waals surface area (Å²) in [7, 11) is -8.71. The van der Waals surface area contributed by atoms with Crippen LogP contribution in [0.4, 0.5) is 21.6 Å². The maximum atomic E-state index is 13.5. The molecule has 1 fully saturated rings. The quantitative estimate of drug-likeness (QED) is 0.429. The van der Waals surface area contributed by atoms with Gasteiger partial charge >= 0.3 is 0 Å². The molecule has 35 heavy (non-hydrogen) atoms. The number of halogens is 2. The minimum atomic E-state index is -4.44. The number of aromatic nitrogens is 2. The number of hydrogen-bond acceptors (Lipinski definition) is 9. The minimum Gasteiger partial charge on any atom is -0.492 e. The summed E-state index contributed by atoms with van der Waals surface area (Å²) in [5.74, 6) is -1.15. The summed E-state index contributed by atoms with van der Waals surface area (Å²) in [5.41, 5.74) is 1.16. The Bertz CT molecular complexity index is 1530. The van der Waals surface area contributed by atoms with E-state index in [1.807, 2.05) is 0 Å². The molecule has 2 heterocycles. The maximum Gasteiger partial charge on any atom is 0.256 e. The highest BCUT2D eigenvalue weighted by molar-refractivity contribution is 8.67. The molecule has 14 heteroatoms. The lowest BCUT2D eigenvalue weighted by Gasteiger charge is -2.15. The summed E-state index contributed by atoms with van der Waals surface area (Å²) in [4.78, 5) is 21.1. The zero-order valence-electron chi connectivity index (χ0n) is 18.3. The molecule has 1 aromatic heterocycles. The van der Waals surface area contributed by atoms with Gasteiger partial charge in [-0.2, -0.15) is 0 Å². The molecule has 1 aliphatic rings. The van der Waals surface area contributed by atoms with Crippen molar-refractivity contribution in [3.63, 3.8) is 0 Å². The van der Waals surface area contributed by atoms with Crippen molar-refractivity contribution < 1.29 is 30.8 Å². The van der Waals surface area contributed by atoms with E-state index in [4.69, 9.17) is 16.3 Å². The van der Waals surface area contributed by atoms with Crippen molar-refractivity contribution in [3.8, 4) is 5.75 Å². The number of anilines is 3. The van der Waals surface area contributed by atoms with Crippen LogP contribution in [0.25, 0.3) is 10.9 Å². The highest BCUT2D eigenvalue weighted by Crippen LogP contribution is 2.34. The molecule has 3 aromatic rings. The molecule has 1 atom stereocenters. The van der Waals surface area contributed by atoms with E-state index in [9.17, 15) is 26.0 Å². The molecular formula is C21H20ClFN4O6S2. The molecule has 0 radical (unpaired) electrons. The van der Waals surface area contributed by atoms with Gasteiger partial charge in [0.15, 0.2) is 0 Å².